The van der Waals surface area contributed by atoms with Gasteiger partial charge in [-0.25, -0.2) is 0 Å². The highest BCUT2D eigenvalue weighted by atomic mass is 35.5. The number of aryl methyl sites for hydroxylation is 2. The summed E-state index contributed by atoms with van der Waals surface area (Å²) < 4.78 is 8.01. The third kappa shape index (κ3) is 4.27. The van der Waals surface area contributed by atoms with Gasteiger partial charge in [-0.1, -0.05) is 29.8 Å². The highest BCUT2D eigenvalue weighted by Gasteiger charge is 2.24. The van der Waals surface area contributed by atoms with E-state index in [-0.39, 0.29) is 6.10 Å². The average Bonchev–Trinajstić information content (AvgIpc) is 3.08. The minimum atomic E-state index is -0.0105. The molecule has 0 bridgehead atoms. The molecule has 0 saturated carbocycles. The molecule has 5 nitrogen and oxygen atoms in total. The van der Waals surface area contributed by atoms with E-state index in [1.807, 2.05) is 35.1 Å². The lowest BCUT2D eigenvalue weighted by molar-refractivity contribution is -0.0350. The SMILES string of the molecule is CCn1cc(CN2CCOC(c3ccc(-c4cccc(Cl)c4)cn3)C2)c(C)n1. The Morgan fingerprint density at radius 1 is 1.21 bits per heavy atom. The average molecular weight is 397 g/mol. The van der Waals surface area contributed by atoms with E-state index in [2.05, 4.69) is 47.2 Å². The fraction of sp³-hybridized carbons (Fsp3) is 0.364. The number of aromatic nitrogens is 3. The molecule has 4 rings (SSSR count). The van der Waals surface area contributed by atoms with Gasteiger partial charge in [-0.3, -0.25) is 14.6 Å². The molecule has 3 aromatic rings. The number of rotatable bonds is 5. The summed E-state index contributed by atoms with van der Waals surface area (Å²) in [6, 6.07) is 12.0. The van der Waals surface area contributed by atoms with Crippen LogP contribution in [0.25, 0.3) is 11.1 Å². The van der Waals surface area contributed by atoms with Crippen LogP contribution in [-0.4, -0.2) is 39.4 Å². The van der Waals surface area contributed by atoms with Crippen molar-refractivity contribution >= 4 is 11.6 Å². The number of ether oxygens (including phenoxy) is 1. The summed E-state index contributed by atoms with van der Waals surface area (Å²) in [6.07, 6.45) is 4.04. The van der Waals surface area contributed by atoms with E-state index in [4.69, 9.17) is 16.3 Å². The van der Waals surface area contributed by atoms with Crippen LogP contribution in [0.15, 0.2) is 48.8 Å². The number of hydrogen-bond donors (Lipinski definition) is 0. The van der Waals surface area contributed by atoms with Gasteiger partial charge in [0.1, 0.15) is 6.10 Å². The van der Waals surface area contributed by atoms with E-state index < -0.39 is 0 Å². The van der Waals surface area contributed by atoms with Crippen molar-refractivity contribution in [3.63, 3.8) is 0 Å². The Morgan fingerprint density at radius 3 is 2.82 bits per heavy atom. The van der Waals surface area contributed by atoms with Crippen molar-refractivity contribution in [1.82, 2.24) is 19.7 Å². The largest absolute Gasteiger partial charge is 0.369 e. The summed E-state index contributed by atoms with van der Waals surface area (Å²) >= 11 is 6.10. The van der Waals surface area contributed by atoms with Crippen LogP contribution in [-0.2, 0) is 17.8 Å². The molecule has 6 heteroatoms. The molecule has 146 valence electrons. The van der Waals surface area contributed by atoms with Crippen molar-refractivity contribution in [3.05, 3.63) is 70.8 Å². The number of hydrogen-bond acceptors (Lipinski definition) is 4. The van der Waals surface area contributed by atoms with Crippen molar-refractivity contribution in [1.29, 1.82) is 0 Å². The van der Waals surface area contributed by atoms with Gasteiger partial charge in [0.2, 0.25) is 0 Å². The molecule has 0 radical (unpaired) electrons. The van der Waals surface area contributed by atoms with Gasteiger partial charge in [-0.15, -0.1) is 0 Å². The van der Waals surface area contributed by atoms with Crippen LogP contribution in [0, 0.1) is 6.92 Å². The van der Waals surface area contributed by atoms with Gasteiger partial charge < -0.3 is 4.74 Å². The lowest BCUT2D eigenvalue weighted by atomic mass is 10.1. The molecule has 28 heavy (non-hydrogen) atoms. The fourth-order valence-corrected chi connectivity index (χ4v) is 3.77. The second kappa shape index (κ2) is 8.43. The summed E-state index contributed by atoms with van der Waals surface area (Å²) in [5.74, 6) is 0. The van der Waals surface area contributed by atoms with E-state index in [1.165, 1.54) is 5.56 Å². The first-order valence-corrected chi connectivity index (χ1v) is 10.1. The van der Waals surface area contributed by atoms with Crippen molar-refractivity contribution in [2.24, 2.45) is 0 Å². The molecule has 2 aromatic heterocycles. The smallest absolute Gasteiger partial charge is 0.112 e. The highest BCUT2D eigenvalue weighted by molar-refractivity contribution is 6.30. The van der Waals surface area contributed by atoms with Crippen molar-refractivity contribution in [2.45, 2.75) is 33.0 Å². The maximum absolute atomic E-state index is 6.10. The van der Waals surface area contributed by atoms with E-state index >= 15 is 0 Å². The molecule has 1 saturated heterocycles. The molecule has 0 spiro atoms. The second-order valence-corrected chi connectivity index (χ2v) is 7.61. The molecular formula is C22H25ClN4O. The summed E-state index contributed by atoms with van der Waals surface area (Å²) in [5, 5.41) is 5.28. The predicted molar refractivity (Wildman–Crippen MR) is 111 cm³/mol. The Labute approximate surface area is 170 Å². The second-order valence-electron chi connectivity index (χ2n) is 7.17. The lowest BCUT2D eigenvalue weighted by Gasteiger charge is -2.32. The summed E-state index contributed by atoms with van der Waals surface area (Å²) in [7, 11) is 0. The molecule has 3 heterocycles. The topological polar surface area (TPSA) is 43.2 Å². The van der Waals surface area contributed by atoms with E-state index in [9.17, 15) is 0 Å². The van der Waals surface area contributed by atoms with Crippen molar-refractivity contribution in [3.8, 4) is 11.1 Å². The van der Waals surface area contributed by atoms with Crippen LogP contribution in [0.4, 0.5) is 0 Å². The van der Waals surface area contributed by atoms with Gasteiger partial charge >= 0.3 is 0 Å². The summed E-state index contributed by atoms with van der Waals surface area (Å²) in [4.78, 5) is 7.09. The maximum atomic E-state index is 6.10. The monoisotopic (exact) mass is 396 g/mol. The van der Waals surface area contributed by atoms with Crippen molar-refractivity contribution < 1.29 is 4.74 Å². The number of benzene rings is 1. The Morgan fingerprint density at radius 2 is 2.11 bits per heavy atom. The highest BCUT2D eigenvalue weighted by Crippen LogP contribution is 2.26. The Kier molecular flexibility index (Phi) is 5.76. The molecule has 1 fully saturated rings. The molecule has 1 aliphatic rings. The molecule has 1 atom stereocenters. The van der Waals surface area contributed by atoms with Crippen LogP contribution >= 0.6 is 11.6 Å². The summed E-state index contributed by atoms with van der Waals surface area (Å²) in [5.41, 5.74) is 5.49. The van der Waals surface area contributed by atoms with E-state index in [0.717, 1.165) is 53.7 Å². The van der Waals surface area contributed by atoms with Crippen LogP contribution in [0.2, 0.25) is 5.02 Å². The van der Waals surface area contributed by atoms with Crippen LogP contribution in [0.1, 0.15) is 30.0 Å². The number of nitrogens with zero attached hydrogens (tertiary/aromatic N) is 4. The van der Waals surface area contributed by atoms with Gasteiger partial charge in [0.25, 0.3) is 0 Å². The van der Waals surface area contributed by atoms with Crippen LogP contribution < -0.4 is 0 Å². The first-order valence-electron chi connectivity index (χ1n) is 9.71. The Hall–Kier alpha value is -2.21. The van der Waals surface area contributed by atoms with Gasteiger partial charge in [-0.2, -0.15) is 5.10 Å². The predicted octanol–water partition coefficient (Wildman–Crippen LogP) is 4.50. The minimum absolute atomic E-state index is 0.0105. The molecular weight excluding hydrogens is 372 g/mol. The van der Waals surface area contributed by atoms with Gasteiger partial charge in [0.05, 0.1) is 18.0 Å². The quantitative estimate of drug-likeness (QED) is 0.636. The van der Waals surface area contributed by atoms with Crippen LogP contribution in [0.3, 0.4) is 0 Å². The third-order valence-corrected chi connectivity index (χ3v) is 5.43. The molecule has 0 aliphatic carbocycles. The zero-order valence-electron chi connectivity index (χ0n) is 16.3. The van der Waals surface area contributed by atoms with Crippen LogP contribution in [0.5, 0.6) is 0 Å². The lowest BCUT2D eigenvalue weighted by Crippen LogP contribution is -2.38. The molecule has 1 unspecified atom stereocenters. The third-order valence-electron chi connectivity index (χ3n) is 5.19. The van der Waals surface area contributed by atoms with E-state index in [1.54, 1.807) is 0 Å². The normalized spacial score (nSPS) is 17.8. The minimum Gasteiger partial charge on any atom is -0.369 e. The zero-order valence-corrected chi connectivity index (χ0v) is 17.1. The molecule has 0 amide bonds. The summed E-state index contributed by atoms with van der Waals surface area (Å²) in [6.45, 7) is 8.45. The van der Waals surface area contributed by atoms with Crippen molar-refractivity contribution in [2.75, 3.05) is 19.7 Å². The van der Waals surface area contributed by atoms with E-state index in [0.29, 0.717) is 6.61 Å². The van der Waals surface area contributed by atoms with Gasteiger partial charge in [-0.05, 0) is 37.6 Å². The maximum Gasteiger partial charge on any atom is 0.112 e. The zero-order chi connectivity index (χ0) is 19.5. The van der Waals surface area contributed by atoms with Gasteiger partial charge in [0, 0.05) is 54.7 Å². The number of pyridine rings is 1. The molecule has 1 aliphatic heterocycles. The Bertz CT molecular complexity index is 938. The standard InChI is InChI=1S/C22H25ClN4O/c1-3-27-14-19(16(2)25-27)13-26-9-10-28-22(15-26)21-8-7-18(12-24-21)17-5-4-6-20(23)11-17/h4-8,11-12,14,22H,3,9-10,13,15H2,1-2H3. The van der Waals surface area contributed by atoms with Gasteiger partial charge in [0.15, 0.2) is 0 Å². The fourth-order valence-electron chi connectivity index (χ4n) is 3.58. The first kappa shape index (κ1) is 19.1. The number of halogens is 1. The molecule has 1 aromatic carbocycles. The Balaban J connectivity index is 1.44. The first-order chi connectivity index (χ1) is 13.6. The molecule has 0 N–H and O–H groups in total. The number of morpholine rings is 1.